The first-order valence-corrected chi connectivity index (χ1v) is 7.27. The lowest BCUT2D eigenvalue weighted by Gasteiger charge is -2.40. The van der Waals surface area contributed by atoms with E-state index in [1.165, 1.54) is 0 Å². The van der Waals surface area contributed by atoms with Crippen molar-refractivity contribution in [3.63, 3.8) is 0 Å². The van der Waals surface area contributed by atoms with Crippen molar-refractivity contribution in [1.29, 1.82) is 0 Å². The average molecular weight is 254 g/mol. The monoisotopic (exact) mass is 254 g/mol. The van der Waals surface area contributed by atoms with E-state index in [0.717, 1.165) is 32.2 Å². The second-order valence-corrected chi connectivity index (χ2v) is 5.83. The van der Waals surface area contributed by atoms with Gasteiger partial charge in [-0.1, -0.05) is 13.8 Å². The molecule has 2 N–H and O–H groups in total. The predicted octanol–water partition coefficient (Wildman–Crippen LogP) is 1.39. The maximum atomic E-state index is 12.7. The zero-order valence-corrected chi connectivity index (χ0v) is 11.6. The van der Waals surface area contributed by atoms with Gasteiger partial charge in [0.05, 0.1) is 19.3 Å². The Morgan fingerprint density at radius 1 is 1.44 bits per heavy atom. The number of hydrogen-bond donors (Lipinski definition) is 1. The number of hydrogen-bond acceptors (Lipinski definition) is 3. The van der Waals surface area contributed by atoms with E-state index in [4.69, 9.17) is 10.5 Å². The van der Waals surface area contributed by atoms with Crippen LogP contribution >= 0.6 is 0 Å². The second kappa shape index (κ2) is 6.02. The third-order valence-electron chi connectivity index (χ3n) is 4.51. The Morgan fingerprint density at radius 3 is 2.89 bits per heavy atom. The van der Waals surface area contributed by atoms with Gasteiger partial charge in [-0.3, -0.25) is 4.79 Å². The van der Waals surface area contributed by atoms with Gasteiger partial charge in [-0.25, -0.2) is 0 Å². The first-order chi connectivity index (χ1) is 8.63. The highest BCUT2D eigenvalue weighted by atomic mass is 16.5. The molecule has 1 heterocycles. The zero-order valence-electron chi connectivity index (χ0n) is 11.6. The Labute approximate surface area is 110 Å². The Bertz CT molecular complexity index is 296. The Hall–Kier alpha value is -0.610. The quantitative estimate of drug-likeness (QED) is 0.810. The van der Waals surface area contributed by atoms with Crippen LogP contribution in [0.4, 0.5) is 0 Å². The summed E-state index contributed by atoms with van der Waals surface area (Å²) in [5, 5.41) is 0. The fraction of sp³-hybridized carbons (Fsp3) is 0.929. The molecule has 0 aromatic rings. The Kier molecular flexibility index (Phi) is 4.62. The summed E-state index contributed by atoms with van der Waals surface area (Å²) < 4.78 is 5.47. The lowest BCUT2D eigenvalue weighted by Crippen LogP contribution is -2.52. The number of carbonyl (C=O) groups excluding carboxylic acids is 1. The minimum Gasteiger partial charge on any atom is -0.377 e. The lowest BCUT2D eigenvalue weighted by molar-refractivity contribution is -0.147. The third-order valence-corrected chi connectivity index (χ3v) is 4.51. The van der Waals surface area contributed by atoms with Gasteiger partial charge >= 0.3 is 0 Å². The van der Waals surface area contributed by atoms with Crippen molar-refractivity contribution in [2.75, 3.05) is 19.8 Å². The molecular weight excluding hydrogens is 228 g/mol. The molecule has 1 saturated heterocycles. The summed E-state index contributed by atoms with van der Waals surface area (Å²) in [6.45, 7) is 6.43. The molecule has 18 heavy (non-hydrogen) atoms. The largest absolute Gasteiger partial charge is 0.377 e. The number of nitrogens with two attached hydrogens (primary N) is 1. The van der Waals surface area contributed by atoms with Crippen LogP contribution in [0.2, 0.25) is 0 Å². The van der Waals surface area contributed by atoms with Crippen molar-refractivity contribution in [3.05, 3.63) is 0 Å². The van der Waals surface area contributed by atoms with Crippen LogP contribution in [-0.4, -0.2) is 42.6 Å². The SMILES string of the molecule is CCC1COCCN1C(=O)C1CCC(N)CC1C. The van der Waals surface area contributed by atoms with Gasteiger partial charge in [-0.15, -0.1) is 0 Å². The van der Waals surface area contributed by atoms with Crippen LogP contribution in [0.3, 0.4) is 0 Å². The van der Waals surface area contributed by atoms with Gasteiger partial charge in [0.25, 0.3) is 0 Å². The maximum Gasteiger partial charge on any atom is 0.226 e. The average Bonchev–Trinajstić information content (AvgIpc) is 2.38. The number of nitrogens with zero attached hydrogens (tertiary/aromatic N) is 1. The molecule has 0 aromatic carbocycles. The molecule has 4 atom stereocenters. The van der Waals surface area contributed by atoms with Gasteiger partial charge in [0.15, 0.2) is 0 Å². The zero-order chi connectivity index (χ0) is 13.1. The number of ether oxygens (including phenoxy) is 1. The molecule has 104 valence electrons. The Balaban J connectivity index is 2.01. The van der Waals surface area contributed by atoms with E-state index in [9.17, 15) is 4.79 Å². The molecule has 0 radical (unpaired) electrons. The fourth-order valence-electron chi connectivity index (χ4n) is 3.30. The van der Waals surface area contributed by atoms with Crippen LogP contribution < -0.4 is 5.73 Å². The van der Waals surface area contributed by atoms with E-state index in [-0.39, 0.29) is 18.0 Å². The van der Waals surface area contributed by atoms with Crippen LogP contribution in [-0.2, 0) is 9.53 Å². The standard InChI is InChI=1S/C14H26N2O2/c1-3-12-9-18-7-6-16(12)14(17)13-5-4-11(15)8-10(13)2/h10-13H,3-9,15H2,1-2H3. The number of rotatable bonds is 2. The van der Waals surface area contributed by atoms with Crippen LogP contribution in [0.1, 0.15) is 39.5 Å². The van der Waals surface area contributed by atoms with Gasteiger partial charge in [-0.2, -0.15) is 0 Å². The van der Waals surface area contributed by atoms with Crippen molar-refractivity contribution < 1.29 is 9.53 Å². The molecule has 2 aliphatic rings. The smallest absolute Gasteiger partial charge is 0.226 e. The summed E-state index contributed by atoms with van der Waals surface area (Å²) in [4.78, 5) is 14.7. The van der Waals surface area contributed by atoms with E-state index in [1.807, 2.05) is 0 Å². The summed E-state index contributed by atoms with van der Waals surface area (Å²) in [6.07, 6.45) is 3.90. The number of amides is 1. The van der Waals surface area contributed by atoms with E-state index >= 15 is 0 Å². The number of morpholine rings is 1. The van der Waals surface area contributed by atoms with E-state index in [1.54, 1.807) is 0 Å². The van der Waals surface area contributed by atoms with Crippen LogP contribution in [0.25, 0.3) is 0 Å². The van der Waals surface area contributed by atoms with Gasteiger partial charge in [-0.05, 0) is 31.6 Å². The highest BCUT2D eigenvalue weighted by Gasteiger charge is 2.36. The molecule has 4 heteroatoms. The number of carbonyl (C=O) groups is 1. The van der Waals surface area contributed by atoms with E-state index in [2.05, 4.69) is 18.7 Å². The summed E-state index contributed by atoms with van der Waals surface area (Å²) >= 11 is 0. The van der Waals surface area contributed by atoms with Crippen molar-refractivity contribution in [1.82, 2.24) is 4.90 Å². The van der Waals surface area contributed by atoms with Crippen molar-refractivity contribution in [3.8, 4) is 0 Å². The van der Waals surface area contributed by atoms with Crippen molar-refractivity contribution in [2.45, 2.75) is 51.6 Å². The topological polar surface area (TPSA) is 55.6 Å². The third kappa shape index (κ3) is 2.86. The molecule has 0 bridgehead atoms. The first kappa shape index (κ1) is 13.8. The molecule has 4 unspecified atom stereocenters. The van der Waals surface area contributed by atoms with Crippen LogP contribution in [0.15, 0.2) is 0 Å². The van der Waals surface area contributed by atoms with Gasteiger partial charge < -0.3 is 15.4 Å². The highest BCUT2D eigenvalue weighted by Crippen LogP contribution is 2.31. The molecule has 4 nitrogen and oxygen atoms in total. The molecule has 1 amide bonds. The molecule has 1 aliphatic heterocycles. The molecular formula is C14H26N2O2. The summed E-state index contributed by atoms with van der Waals surface area (Å²) in [7, 11) is 0. The summed E-state index contributed by atoms with van der Waals surface area (Å²) in [5.74, 6) is 0.933. The summed E-state index contributed by atoms with van der Waals surface area (Å²) in [6, 6.07) is 0.560. The summed E-state index contributed by atoms with van der Waals surface area (Å²) in [5.41, 5.74) is 5.97. The molecule has 2 fully saturated rings. The molecule has 2 rings (SSSR count). The normalized spacial score (nSPS) is 37.6. The van der Waals surface area contributed by atoms with E-state index < -0.39 is 0 Å². The molecule has 0 aromatic heterocycles. The first-order valence-electron chi connectivity index (χ1n) is 7.27. The minimum absolute atomic E-state index is 0.178. The Morgan fingerprint density at radius 2 is 2.22 bits per heavy atom. The molecule has 0 spiro atoms. The fourth-order valence-corrected chi connectivity index (χ4v) is 3.30. The van der Waals surface area contributed by atoms with Crippen molar-refractivity contribution >= 4 is 5.91 Å². The predicted molar refractivity (Wildman–Crippen MR) is 71.1 cm³/mol. The van der Waals surface area contributed by atoms with Crippen LogP contribution in [0, 0.1) is 11.8 Å². The second-order valence-electron chi connectivity index (χ2n) is 5.83. The van der Waals surface area contributed by atoms with Crippen molar-refractivity contribution in [2.24, 2.45) is 17.6 Å². The molecule has 1 saturated carbocycles. The van der Waals surface area contributed by atoms with E-state index in [0.29, 0.717) is 25.0 Å². The van der Waals surface area contributed by atoms with Gasteiger partial charge in [0.1, 0.15) is 0 Å². The minimum atomic E-state index is 0.178. The highest BCUT2D eigenvalue weighted by molar-refractivity contribution is 5.79. The van der Waals surface area contributed by atoms with Gasteiger partial charge in [0, 0.05) is 18.5 Å². The van der Waals surface area contributed by atoms with Crippen LogP contribution in [0.5, 0.6) is 0 Å². The molecule has 1 aliphatic carbocycles. The maximum absolute atomic E-state index is 12.7. The van der Waals surface area contributed by atoms with Gasteiger partial charge in [0.2, 0.25) is 5.91 Å². The lowest BCUT2D eigenvalue weighted by atomic mass is 9.77.